The van der Waals surface area contributed by atoms with Gasteiger partial charge in [-0.2, -0.15) is 0 Å². The van der Waals surface area contributed by atoms with Crippen LogP contribution in [0.4, 0.5) is 0 Å². The van der Waals surface area contributed by atoms with Gasteiger partial charge in [0.1, 0.15) is 5.75 Å². The Morgan fingerprint density at radius 2 is 1.90 bits per heavy atom. The molecule has 3 N–H and O–H groups in total. The smallest absolute Gasteiger partial charge is 0.303 e. The van der Waals surface area contributed by atoms with Crippen molar-refractivity contribution in [1.82, 2.24) is 10.3 Å². The predicted octanol–water partition coefficient (Wildman–Crippen LogP) is 3.97. The minimum absolute atomic E-state index is 0.0148. The second-order valence-electron chi connectivity index (χ2n) is 7.08. The van der Waals surface area contributed by atoms with E-state index in [-0.39, 0.29) is 12.3 Å². The van der Waals surface area contributed by atoms with E-state index in [9.17, 15) is 9.59 Å². The maximum absolute atomic E-state index is 12.2. The number of aromatic nitrogens is 1. The van der Waals surface area contributed by atoms with Crippen molar-refractivity contribution in [2.45, 2.75) is 39.2 Å². The van der Waals surface area contributed by atoms with Gasteiger partial charge < -0.3 is 20.1 Å². The number of ether oxygens (including phenoxy) is 1. The summed E-state index contributed by atoms with van der Waals surface area (Å²) in [4.78, 5) is 26.0. The van der Waals surface area contributed by atoms with Crippen molar-refractivity contribution in [2.75, 3.05) is 6.61 Å². The molecule has 0 aliphatic carbocycles. The number of aromatic amines is 1. The molecular formula is C23H26N2O4. The Labute approximate surface area is 169 Å². The van der Waals surface area contributed by atoms with Crippen molar-refractivity contribution in [3.63, 3.8) is 0 Å². The summed E-state index contributed by atoms with van der Waals surface area (Å²) in [5.41, 5.74) is 4.47. The zero-order valence-corrected chi connectivity index (χ0v) is 16.5. The largest absolute Gasteiger partial charge is 0.494 e. The molecular weight excluding hydrogens is 368 g/mol. The minimum atomic E-state index is -0.820. The summed E-state index contributed by atoms with van der Waals surface area (Å²) in [7, 11) is 0. The maximum atomic E-state index is 12.2. The predicted molar refractivity (Wildman–Crippen MR) is 112 cm³/mol. The number of para-hydroxylation sites is 1. The Morgan fingerprint density at radius 1 is 1.10 bits per heavy atom. The number of hydrogen-bond donors (Lipinski definition) is 3. The first-order chi connectivity index (χ1) is 14.0. The van der Waals surface area contributed by atoms with E-state index in [0.29, 0.717) is 38.2 Å². The fraction of sp³-hybridized carbons (Fsp3) is 0.304. The fourth-order valence-electron chi connectivity index (χ4n) is 3.22. The van der Waals surface area contributed by atoms with Gasteiger partial charge in [-0.1, -0.05) is 30.3 Å². The van der Waals surface area contributed by atoms with Crippen LogP contribution in [0.2, 0.25) is 0 Å². The number of hydrogen-bond acceptors (Lipinski definition) is 3. The van der Waals surface area contributed by atoms with Gasteiger partial charge in [-0.25, -0.2) is 0 Å². The van der Waals surface area contributed by atoms with Gasteiger partial charge in [0.2, 0.25) is 5.91 Å². The Kier molecular flexibility index (Phi) is 6.89. The van der Waals surface area contributed by atoms with Crippen LogP contribution >= 0.6 is 0 Å². The lowest BCUT2D eigenvalue weighted by Gasteiger charge is -2.08. The average molecular weight is 394 g/mol. The van der Waals surface area contributed by atoms with Crippen molar-refractivity contribution in [2.24, 2.45) is 0 Å². The van der Waals surface area contributed by atoms with Gasteiger partial charge in [0.05, 0.1) is 6.61 Å². The summed E-state index contributed by atoms with van der Waals surface area (Å²) < 4.78 is 5.51. The van der Waals surface area contributed by atoms with E-state index in [0.717, 1.165) is 16.6 Å². The number of carbonyl (C=O) groups excluding carboxylic acids is 1. The van der Waals surface area contributed by atoms with Crippen molar-refractivity contribution in [3.8, 4) is 5.75 Å². The fourth-order valence-corrected chi connectivity index (χ4v) is 3.22. The van der Waals surface area contributed by atoms with Crippen LogP contribution in [0.5, 0.6) is 5.75 Å². The van der Waals surface area contributed by atoms with Gasteiger partial charge in [-0.15, -0.1) is 0 Å². The highest BCUT2D eigenvalue weighted by atomic mass is 16.5. The van der Waals surface area contributed by atoms with E-state index < -0.39 is 5.97 Å². The molecule has 6 nitrogen and oxygen atoms in total. The van der Waals surface area contributed by atoms with E-state index in [2.05, 4.69) is 29.4 Å². The molecule has 0 fully saturated rings. The lowest BCUT2D eigenvalue weighted by atomic mass is 10.1. The summed E-state index contributed by atoms with van der Waals surface area (Å²) in [6.07, 6.45) is 3.69. The Balaban J connectivity index is 1.42. The maximum Gasteiger partial charge on any atom is 0.303 e. The third-order valence-electron chi connectivity index (χ3n) is 4.85. The van der Waals surface area contributed by atoms with Crippen LogP contribution in [0, 0.1) is 6.92 Å². The quantitative estimate of drug-likeness (QED) is 0.454. The van der Waals surface area contributed by atoms with Crippen molar-refractivity contribution < 1.29 is 19.4 Å². The van der Waals surface area contributed by atoms with Crippen LogP contribution in [0.3, 0.4) is 0 Å². The van der Waals surface area contributed by atoms with Gasteiger partial charge in [-0.05, 0) is 48.6 Å². The summed E-state index contributed by atoms with van der Waals surface area (Å²) in [6, 6.07) is 13.6. The van der Waals surface area contributed by atoms with E-state index in [1.807, 2.05) is 36.5 Å². The third kappa shape index (κ3) is 5.85. The first kappa shape index (κ1) is 20.5. The number of carbonyl (C=O) groups is 2. The Morgan fingerprint density at radius 3 is 2.66 bits per heavy atom. The first-order valence-electron chi connectivity index (χ1n) is 9.79. The molecule has 1 amide bonds. The van der Waals surface area contributed by atoms with Gasteiger partial charge in [0.15, 0.2) is 0 Å². The van der Waals surface area contributed by atoms with Gasteiger partial charge in [0.25, 0.3) is 0 Å². The molecule has 0 unspecified atom stereocenters. The lowest BCUT2D eigenvalue weighted by molar-refractivity contribution is -0.137. The molecule has 3 aromatic rings. The summed E-state index contributed by atoms with van der Waals surface area (Å²) in [5.74, 6) is -0.111. The topological polar surface area (TPSA) is 91.4 Å². The molecule has 0 atom stereocenters. The number of nitrogens with one attached hydrogen (secondary N) is 2. The van der Waals surface area contributed by atoms with Crippen LogP contribution in [-0.2, 0) is 22.6 Å². The monoisotopic (exact) mass is 394 g/mol. The average Bonchev–Trinajstić information content (AvgIpc) is 3.13. The molecule has 29 heavy (non-hydrogen) atoms. The summed E-state index contributed by atoms with van der Waals surface area (Å²) in [5, 5.41) is 12.7. The number of amides is 1. The highest BCUT2D eigenvalue weighted by molar-refractivity contribution is 5.86. The number of carboxylic acids is 1. The second kappa shape index (κ2) is 9.78. The van der Waals surface area contributed by atoms with Gasteiger partial charge in [-0.3, -0.25) is 9.59 Å². The highest BCUT2D eigenvalue weighted by Gasteiger charge is 2.08. The number of carboxylic acid groups (broad SMARTS) is 1. The molecule has 0 aliphatic heterocycles. The van der Waals surface area contributed by atoms with Crippen LogP contribution in [0.15, 0.2) is 48.7 Å². The van der Waals surface area contributed by atoms with Gasteiger partial charge in [0, 0.05) is 36.5 Å². The molecule has 3 rings (SSSR count). The van der Waals surface area contributed by atoms with Crippen molar-refractivity contribution in [1.29, 1.82) is 0 Å². The van der Waals surface area contributed by atoms with E-state index >= 15 is 0 Å². The molecule has 0 spiro atoms. The zero-order valence-electron chi connectivity index (χ0n) is 16.5. The number of fused-ring (bicyclic) bond motifs is 1. The number of benzene rings is 2. The normalized spacial score (nSPS) is 10.8. The van der Waals surface area contributed by atoms with Gasteiger partial charge >= 0.3 is 5.97 Å². The molecule has 0 radical (unpaired) electrons. The van der Waals surface area contributed by atoms with Crippen LogP contribution < -0.4 is 10.1 Å². The van der Waals surface area contributed by atoms with Crippen molar-refractivity contribution in [3.05, 3.63) is 65.4 Å². The number of aliphatic carboxylic acids is 1. The summed E-state index contributed by atoms with van der Waals surface area (Å²) in [6.45, 7) is 2.91. The molecule has 0 saturated carbocycles. The lowest BCUT2D eigenvalue weighted by Crippen LogP contribution is -2.22. The zero-order chi connectivity index (χ0) is 20.6. The highest BCUT2D eigenvalue weighted by Crippen LogP contribution is 2.22. The molecule has 0 bridgehead atoms. The third-order valence-corrected chi connectivity index (χ3v) is 4.85. The number of rotatable bonds is 10. The number of H-pyrrole nitrogens is 1. The Bertz CT molecular complexity index is 976. The van der Waals surface area contributed by atoms with E-state index in [1.54, 1.807) is 0 Å². The minimum Gasteiger partial charge on any atom is -0.494 e. The Hall–Kier alpha value is -3.28. The molecule has 2 aromatic carbocycles. The molecule has 6 heteroatoms. The first-order valence-corrected chi connectivity index (χ1v) is 9.79. The van der Waals surface area contributed by atoms with E-state index in [1.165, 1.54) is 10.9 Å². The van der Waals surface area contributed by atoms with Crippen LogP contribution in [0.1, 0.15) is 36.0 Å². The molecule has 0 saturated heterocycles. The molecule has 152 valence electrons. The van der Waals surface area contributed by atoms with Crippen LogP contribution in [-0.4, -0.2) is 28.6 Å². The van der Waals surface area contributed by atoms with E-state index in [4.69, 9.17) is 9.84 Å². The van der Waals surface area contributed by atoms with Crippen LogP contribution in [0.25, 0.3) is 10.9 Å². The molecule has 0 aliphatic rings. The molecule has 1 aromatic heterocycles. The standard InChI is InChI=1S/C23H26N2O4/c1-16-4-2-5-20-18(15-25-23(16)20)9-12-21(26)24-14-17-7-10-19(11-8-17)29-13-3-6-22(27)28/h2,4-5,7-8,10-11,15,25H,3,6,9,12-14H2,1H3,(H,24,26)(H,27,28). The summed E-state index contributed by atoms with van der Waals surface area (Å²) >= 11 is 0. The molecule has 1 heterocycles. The number of aryl methyl sites for hydroxylation is 2. The second-order valence-corrected chi connectivity index (χ2v) is 7.08. The SMILES string of the molecule is Cc1cccc2c(CCC(=O)NCc3ccc(OCCCC(=O)O)cc3)c[nH]c12. The van der Waals surface area contributed by atoms with Crippen molar-refractivity contribution >= 4 is 22.8 Å².